The van der Waals surface area contributed by atoms with Gasteiger partial charge in [-0.15, -0.1) is 0 Å². The Morgan fingerprint density at radius 2 is 2.17 bits per heavy atom. The van der Waals surface area contributed by atoms with E-state index in [0.717, 1.165) is 37.4 Å². The van der Waals surface area contributed by atoms with Gasteiger partial charge in [-0.2, -0.15) is 0 Å². The van der Waals surface area contributed by atoms with Crippen molar-refractivity contribution in [1.82, 2.24) is 10.2 Å². The van der Waals surface area contributed by atoms with Crippen LogP contribution in [0.1, 0.15) is 46.8 Å². The van der Waals surface area contributed by atoms with E-state index in [1.807, 2.05) is 19.9 Å². The number of esters is 2. The quantitative estimate of drug-likeness (QED) is 0.465. The summed E-state index contributed by atoms with van der Waals surface area (Å²) in [6.45, 7) is 7.88. The fraction of sp³-hybridized carbons (Fsp3) is 0.545. The van der Waals surface area contributed by atoms with Gasteiger partial charge in [0.1, 0.15) is 30.3 Å². The van der Waals surface area contributed by atoms with E-state index < -0.39 is 5.97 Å². The van der Waals surface area contributed by atoms with Crippen molar-refractivity contribution in [2.75, 3.05) is 40.0 Å². The van der Waals surface area contributed by atoms with Gasteiger partial charge in [-0.05, 0) is 32.3 Å². The number of methoxy groups -OCH3 is 1. The highest BCUT2D eigenvalue weighted by molar-refractivity contribution is 5.98. The van der Waals surface area contributed by atoms with E-state index in [2.05, 4.69) is 10.2 Å². The summed E-state index contributed by atoms with van der Waals surface area (Å²) >= 11 is 0. The Morgan fingerprint density at radius 1 is 1.37 bits per heavy atom. The third-order valence-electron chi connectivity index (χ3n) is 5.64. The van der Waals surface area contributed by atoms with Crippen LogP contribution in [0.3, 0.4) is 0 Å². The number of aromatic hydroxyl groups is 1. The smallest absolute Gasteiger partial charge is 0.342 e. The zero-order valence-corrected chi connectivity index (χ0v) is 17.9. The van der Waals surface area contributed by atoms with Crippen molar-refractivity contribution in [3.8, 4) is 11.5 Å². The molecule has 0 unspecified atom stereocenters. The zero-order chi connectivity index (χ0) is 21.7. The molecule has 164 valence electrons. The molecule has 0 aromatic heterocycles. The fourth-order valence-corrected chi connectivity index (χ4v) is 3.81. The first-order chi connectivity index (χ1) is 14.4. The number of allylic oxidation sites excluding steroid dienone is 2. The van der Waals surface area contributed by atoms with Crippen molar-refractivity contribution >= 4 is 11.9 Å². The van der Waals surface area contributed by atoms with E-state index in [1.54, 1.807) is 7.11 Å². The Balaban J connectivity index is 1.56. The SMILES string of the molecule is COc1c(C)c2c(c(O)c1C/C=C(\C)CCC(=O)OCCN1CCNC1)C(=O)OC2. The fourth-order valence-electron chi connectivity index (χ4n) is 3.81. The van der Waals surface area contributed by atoms with E-state index in [0.29, 0.717) is 42.7 Å². The number of hydrogen-bond donors (Lipinski definition) is 2. The lowest BCUT2D eigenvalue weighted by atomic mass is 9.94. The molecule has 0 radical (unpaired) electrons. The van der Waals surface area contributed by atoms with Gasteiger partial charge in [-0.25, -0.2) is 4.79 Å². The maximum Gasteiger partial charge on any atom is 0.342 e. The Bertz CT molecular complexity index is 843. The number of carbonyl (C=O) groups excluding carboxylic acids is 2. The molecule has 1 aromatic carbocycles. The van der Waals surface area contributed by atoms with Crippen molar-refractivity contribution < 1.29 is 28.9 Å². The number of benzene rings is 1. The molecule has 1 aromatic rings. The van der Waals surface area contributed by atoms with Crippen LogP contribution in [-0.2, 0) is 27.3 Å². The van der Waals surface area contributed by atoms with Crippen molar-refractivity contribution in [2.24, 2.45) is 0 Å². The molecule has 3 rings (SSSR count). The highest BCUT2D eigenvalue weighted by atomic mass is 16.5. The minimum atomic E-state index is -0.511. The molecule has 0 bridgehead atoms. The van der Waals surface area contributed by atoms with Gasteiger partial charge in [-0.3, -0.25) is 9.69 Å². The second kappa shape index (κ2) is 9.95. The number of nitrogens with one attached hydrogen (secondary N) is 1. The Morgan fingerprint density at radius 3 is 2.87 bits per heavy atom. The predicted molar refractivity (Wildman–Crippen MR) is 111 cm³/mol. The van der Waals surface area contributed by atoms with Crippen LogP contribution >= 0.6 is 0 Å². The van der Waals surface area contributed by atoms with Crippen molar-refractivity contribution in [3.05, 3.63) is 33.9 Å². The van der Waals surface area contributed by atoms with Gasteiger partial charge >= 0.3 is 11.9 Å². The van der Waals surface area contributed by atoms with Crippen LogP contribution in [0.15, 0.2) is 11.6 Å². The number of phenols is 1. The summed E-state index contributed by atoms with van der Waals surface area (Å²) in [5, 5.41) is 13.9. The van der Waals surface area contributed by atoms with Crippen LogP contribution in [-0.4, -0.2) is 62.0 Å². The summed E-state index contributed by atoms with van der Waals surface area (Å²) in [4.78, 5) is 26.1. The monoisotopic (exact) mass is 418 g/mol. The number of fused-ring (bicyclic) bond motifs is 1. The summed E-state index contributed by atoms with van der Waals surface area (Å²) < 4.78 is 15.9. The summed E-state index contributed by atoms with van der Waals surface area (Å²) in [5.41, 5.74) is 3.25. The molecule has 2 heterocycles. The lowest BCUT2D eigenvalue weighted by Gasteiger charge is -2.16. The van der Waals surface area contributed by atoms with E-state index in [4.69, 9.17) is 14.2 Å². The average molecular weight is 418 g/mol. The van der Waals surface area contributed by atoms with Gasteiger partial charge in [0.15, 0.2) is 0 Å². The Labute approximate surface area is 176 Å². The Kier molecular flexibility index (Phi) is 7.33. The molecule has 0 spiro atoms. The first-order valence-corrected chi connectivity index (χ1v) is 10.2. The molecular weight excluding hydrogens is 388 g/mol. The molecule has 2 N–H and O–H groups in total. The predicted octanol–water partition coefficient (Wildman–Crippen LogP) is 2.05. The standard InChI is InChI=1S/C22H30N2O6/c1-14(5-7-18(25)29-11-10-24-9-8-23-13-24)4-6-16-20(26)19-17(12-30-22(19)27)15(2)21(16)28-3/h4,23,26H,5-13H2,1-3H3/b14-4+. The third kappa shape index (κ3) is 4.94. The molecule has 2 aliphatic heterocycles. The number of hydrogen-bond acceptors (Lipinski definition) is 8. The maximum atomic E-state index is 12.0. The summed E-state index contributed by atoms with van der Waals surface area (Å²) in [5.74, 6) is -0.256. The number of phenolic OH excluding ortho intramolecular Hbond substituents is 1. The van der Waals surface area contributed by atoms with Crippen LogP contribution in [0, 0.1) is 6.92 Å². The number of carbonyl (C=O) groups is 2. The van der Waals surface area contributed by atoms with Crippen molar-refractivity contribution in [3.63, 3.8) is 0 Å². The molecule has 1 saturated heterocycles. The van der Waals surface area contributed by atoms with Gasteiger partial charge in [0.25, 0.3) is 0 Å². The molecule has 0 aliphatic carbocycles. The zero-order valence-electron chi connectivity index (χ0n) is 17.9. The minimum Gasteiger partial charge on any atom is -0.507 e. The summed E-state index contributed by atoms with van der Waals surface area (Å²) in [6.07, 6.45) is 3.20. The highest BCUT2D eigenvalue weighted by Gasteiger charge is 2.31. The van der Waals surface area contributed by atoms with Crippen LogP contribution in [0.4, 0.5) is 0 Å². The molecule has 8 heteroatoms. The maximum absolute atomic E-state index is 12.0. The number of rotatable bonds is 9. The molecule has 1 fully saturated rings. The van der Waals surface area contributed by atoms with Crippen LogP contribution in [0.2, 0.25) is 0 Å². The number of ether oxygens (including phenoxy) is 3. The first-order valence-electron chi connectivity index (χ1n) is 10.2. The Hall–Kier alpha value is -2.58. The minimum absolute atomic E-state index is 0.0881. The highest BCUT2D eigenvalue weighted by Crippen LogP contribution is 2.42. The molecule has 2 aliphatic rings. The summed E-state index contributed by atoms with van der Waals surface area (Å²) in [6, 6.07) is 0. The van der Waals surface area contributed by atoms with E-state index >= 15 is 0 Å². The van der Waals surface area contributed by atoms with Gasteiger partial charge in [0.2, 0.25) is 0 Å². The number of cyclic esters (lactones) is 1. The van der Waals surface area contributed by atoms with E-state index in [-0.39, 0.29) is 23.9 Å². The second-order valence-corrected chi connectivity index (χ2v) is 7.67. The largest absolute Gasteiger partial charge is 0.507 e. The third-order valence-corrected chi connectivity index (χ3v) is 5.64. The average Bonchev–Trinajstić information content (AvgIpc) is 3.38. The lowest BCUT2D eigenvalue weighted by molar-refractivity contribution is -0.143. The van der Waals surface area contributed by atoms with Crippen LogP contribution in [0.5, 0.6) is 11.5 Å². The molecule has 30 heavy (non-hydrogen) atoms. The molecule has 0 saturated carbocycles. The molecule has 0 atom stereocenters. The lowest BCUT2D eigenvalue weighted by Crippen LogP contribution is -2.27. The summed E-state index contributed by atoms with van der Waals surface area (Å²) in [7, 11) is 1.54. The second-order valence-electron chi connectivity index (χ2n) is 7.67. The first kappa shape index (κ1) is 22.1. The number of nitrogens with zero attached hydrogens (tertiary/aromatic N) is 1. The normalized spacial score (nSPS) is 16.5. The molecule has 8 nitrogen and oxygen atoms in total. The van der Waals surface area contributed by atoms with Crippen molar-refractivity contribution in [2.45, 2.75) is 39.7 Å². The van der Waals surface area contributed by atoms with Gasteiger partial charge < -0.3 is 24.6 Å². The van der Waals surface area contributed by atoms with Gasteiger partial charge in [-0.1, -0.05) is 11.6 Å². The topological polar surface area (TPSA) is 97.3 Å². The van der Waals surface area contributed by atoms with E-state index in [1.165, 1.54) is 0 Å². The van der Waals surface area contributed by atoms with E-state index in [9.17, 15) is 14.7 Å². The molecular formula is C22H30N2O6. The van der Waals surface area contributed by atoms with Gasteiger partial charge in [0.05, 0.1) is 7.11 Å². The van der Waals surface area contributed by atoms with Crippen molar-refractivity contribution in [1.29, 1.82) is 0 Å². The van der Waals surface area contributed by atoms with Crippen LogP contribution in [0.25, 0.3) is 0 Å². The van der Waals surface area contributed by atoms with Gasteiger partial charge in [0, 0.05) is 43.9 Å². The van der Waals surface area contributed by atoms with Crippen LogP contribution < -0.4 is 10.1 Å². The molecule has 0 amide bonds.